The zero-order valence-electron chi connectivity index (χ0n) is 13.2. The van der Waals surface area contributed by atoms with Crippen molar-refractivity contribution in [2.75, 3.05) is 19.5 Å². The molecule has 2 N–H and O–H groups in total. The summed E-state index contributed by atoms with van der Waals surface area (Å²) in [5.41, 5.74) is -1.31. The van der Waals surface area contributed by atoms with Gasteiger partial charge in [0.25, 0.3) is 0 Å². The lowest BCUT2D eigenvalue weighted by atomic mass is 10.1. The van der Waals surface area contributed by atoms with Crippen LogP contribution in [0.2, 0.25) is 0 Å². The van der Waals surface area contributed by atoms with E-state index < -0.39 is 17.8 Å². The van der Waals surface area contributed by atoms with Crippen molar-refractivity contribution in [1.82, 2.24) is 20.3 Å². The first-order chi connectivity index (χ1) is 11.8. The standard InChI is InChI=1S/C14H14F3N5O3/c1-24-12-20-10(21-13(22-12)25-2)7-18-11(23)19-9-6-4-3-5-8(9)14(15,16)17/h3-6H,7H2,1-2H3,(H2,18,19,23). The monoisotopic (exact) mass is 357 g/mol. The molecule has 0 radical (unpaired) electrons. The zero-order chi connectivity index (χ0) is 18.4. The molecule has 0 bridgehead atoms. The second kappa shape index (κ2) is 7.64. The topological polar surface area (TPSA) is 98.3 Å². The number of hydrogen-bond acceptors (Lipinski definition) is 6. The number of benzene rings is 1. The van der Waals surface area contributed by atoms with Gasteiger partial charge in [0.15, 0.2) is 5.82 Å². The average molecular weight is 357 g/mol. The van der Waals surface area contributed by atoms with Crippen LogP contribution in [0.15, 0.2) is 24.3 Å². The van der Waals surface area contributed by atoms with Crippen molar-refractivity contribution in [2.24, 2.45) is 0 Å². The van der Waals surface area contributed by atoms with E-state index in [1.165, 1.54) is 26.4 Å². The van der Waals surface area contributed by atoms with Gasteiger partial charge in [0.05, 0.1) is 32.0 Å². The Labute approximate surface area is 140 Å². The van der Waals surface area contributed by atoms with Crippen LogP contribution >= 0.6 is 0 Å². The van der Waals surface area contributed by atoms with Gasteiger partial charge in [-0.1, -0.05) is 12.1 Å². The second-order valence-electron chi connectivity index (χ2n) is 4.58. The number of anilines is 1. The molecule has 25 heavy (non-hydrogen) atoms. The molecule has 2 amide bonds. The summed E-state index contributed by atoms with van der Waals surface area (Å²) >= 11 is 0. The molecule has 0 spiro atoms. The molecule has 1 aromatic heterocycles. The first kappa shape index (κ1) is 18.2. The van der Waals surface area contributed by atoms with E-state index in [2.05, 4.69) is 25.6 Å². The first-order valence-corrected chi connectivity index (χ1v) is 6.87. The molecule has 0 aliphatic heterocycles. The molecular weight excluding hydrogens is 343 g/mol. The van der Waals surface area contributed by atoms with Crippen molar-refractivity contribution >= 4 is 11.7 Å². The second-order valence-corrected chi connectivity index (χ2v) is 4.58. The van der Waals surface area contributed by atoms with Gasteiger partial charge in [-0.05, 0) is 12.1 Å². The molecule has 1 heterocycles. The number of alkyl halides is 3. The van der Waals surface area contributed by atoms with Crippen LogP contribution in [-0.2, 0) is 12.7 Å². The van der Waals surface area contributed by atoms with E-state index in [0.29, 0.717) is 0 Å². The number of para-hydroxylation sites is 1. The fraction of sp³-hybridized carbons (Fsp3) is 0.286. The number of aromatic nitrogens is 3. The third-order valence-corrected chi connectivity index (χ3v) is 2.89. The summed E-state index contributed by atoms with van der Waals surface area (Å²) in [7, 11) is 2.68. The summed E-state index contributed by atoms with van der Waals surface area (Å²) in [6.45, 7) is -0.171. The van der Waals surface area contributed by atoms with Gasteiger partial charge in [-0.25, -0.2) is 4.79 Å². The van der Waals surface area contributed by atoms with Crippen molar-refractivity contribution in [1.29, 1.82) is 0 Å². The highest BCUT2D eigenvalue weighted by atomic mass is 19.4. The largest absolute Gasteiger partial charge is 0.467 e. The summed E-state index contributed by atoms with van der Waals surface area (Å²) in [4.78, 5) is 23.4. The SMILES string of the molecule is COc1nc(CNC(=O)Nc2ccccc2C(F)(F)F)nc(OC)n1. The van der Waals surface area contributed by atoms with Gasteiger partial charge in [0.2, 0.25) is 0 Å². The molecule has 0 saturated carbocycles. The Morgan fingerprint density at radius 3 is 2.24 bits per heavy atom. The normalized spacial score (nSPS) is 10.9. The third-order valence-electron chi connectivity index (χ3n) is 2.89. The Balaban J connectivity index is 2.05. The molecule has 0 aliphatic carbocycles. The molecular formula is C14H14F3N5O3. The van der Waals surface area contributed by atoms with Crippen LogP contribution in [0.5, 0.6) is 12.0 Å². The highest BCUT2D eigenvalue weighted by Crippen LogP contribution is 2.34. The van der Waals surface area contributed by atoms with Crippen LogP contribution in [0.4, 0.5) is 23.7 Å². The number of carbonyl (C=O) groups excluding carboxylic acids is 1. The summed E-state index contributed by atoms with van der Waals surface area (Å²) in [5, 5.41) is 4.49. The molecule has 134 valence electrons. The van der Waals surface area contributed by atoms with E-state index in [9.17, 15) is 18.0 Å². The molecule has 11 heteroatoms. The van der Waals surface area contributed by atoms with Crippen LogP contribution in [-0.4, -0.2) is 35.2 Å². The van der Waals surface area contributed by atoms with Gasteiger partial charge in [-0.2, -0.15) is 23.1 Å². The molecule has 0 fully saturated rings. The fourth-order valence-corrected chi connectivity index (χ4v) is 1.80. The minimum absolute atomic E-state index is 0.0218. The number of ether oxygens (including phenoxy) is 2. The summed E-state index contributed by atoms with van der Waals surface area (Å²) in [6.07, 6.45) is -4.58. The molecule has 8 nitrogen and oxygen atoms in total. The average Bonchev–Trinajstić information content (AvgIpc) is 2.59. The van der Waals surface area contributed by atoms with E-state index in [4.69, 9.17) is 9.47 Å². The molecule has 2 aromatic rings. The van der Waals surface area contributed by atoms with Gasteiger partial charge >= 0.3 is 24.2 Å². The van der Waals surface area contributed by atoms with E-state index in [-0.39, 0.29) is 30.1 Å². The predicted molar refractivity (Wildman–Crippen MR) is 80.2 cm³/mol. The van der Waals surface area contributed by atoms with Crippen LogP contribution in [0.25, 0.3) is 0 Å². The lowest BCUT2D eigenvalue weighted by Gasteiger charge is -2.14. The molecule has 1 aromatic carbocycles. The minimum atomic E-state index is -4.58. The lowest BCUT2D eigenvalue weighted by Crippen LogP contribution is -2.30. The molecule has 2 rings (SSSR count). The van der Waals surface area contributed by atoms with Gasteiger partial charge in [0, 0.05) is 0 Å². The van der Waals surface area contributed by atoms with Crippen LogP contribution in [0, 0.1) is 0 Å². The van der Waals surface area contributed by atoms with Crippen LogP contribution in [0.3, 0.4) is 0 Å². The molecule has 0 unspecified atom stereocenters. The summed E-state index contributed by atoms with van der Waals surface area (Å²) in [5.74, 6) is 0.114. The number of halogens is 3. The Morgan fingerprint density at radius 1 is 1.08 bits per heavy atom. The number of methoxy groups -OCH3 is 2. The molecule has 0 aliphatic rings. The maximum absolute atomic E-state index is 12.9. The number of carbonyl (C=O) groups is 1. The summed E-state index contributed by atoms with van der Waals surface area (Å²) in [6, 6.07) is 3.74. The first-order valence-electron chi connectivity index (χ1n) is 6.87. The number of rotatable bonds is 5. The van der Waals surface area contributed by atoms with Gasteiger partial charge in [-0.3, -0.25) is 0 Å². The predicted octanol–water partition coefficient (Wildman–Crippen LogP) is 2.23. The molecule has 0 atom stereocenters. The number of urea groups is 1. The van der Waals surface area contributed by atoms with Gasteiger partial charge in [0.1, 0.15) is 0 Å². The Kier molecular flexibility index (Phi) is 5.57. The molecule has 0 saturated heterocycles. The summed E-state index contributed by atoms with van der Waals surface area (Å²) < 4.78 is 48.4. The van der Waals surface area contributed by atoms with Crippen molar-refractivity contribution in [3.8, 4) is 12.0 Å². The maximum Gasteiger partial charge on any atom is 0.418 e. The zero-order valence-corrected chi connectivity index (χ0v) is 13.2. The Bertz CT molecular complexity index is 732. The van der Waals surface area contributed by atoms with Gasteiger partial charge < -0.3 is 20.1 Å². The highest BCUT2D eigenvalue weighted by Gasteiger charge is 2.33. The van der Waals surface area contributed by atoms with Crippen LogP contribution in [0.1, 0.15) is 11.4 Å². The highest BCUT2D eigenvalue weighted by molar-refractivity contribution is 5.90. The lowest BCUT2D eigenvalue weighted by molar-refractivity contribution is -0.136. The minimum Gasteiger partial charge on any atom is -0.467 e. The fourth-order valence-electron chi connectivity index (χ4n) is 1.80. The number of nitrogens with zero attached hydrogens (tertiary/aromatic N) is 3. The van der Waals surface area contributed by atoms with Crippen molar-refractivity contribution < 1.29 is 27.4 Å². The number of nitrogens with one attached hydrogen (secondary N) is 2. The third kappa shape index (κ3) is 4.93. The maximum atomic E-state index is 12.9. The van der Waals surface area contributed by atoms with E-state index in [0.717, 1.165) is 12.1 Å². The number of hydrogen-bond donors (Lipinski definition) is 2. The Hall–Kier alpha value is -3.11. The van der Waals surface area contributed by atoms with Crippen molar-refractivity contribution in [3.63, 3.8) is 0 Å². The van der Waals surface area contributed by atoms with E-state index in [1.54, 1.807) is 0 Å². The smallest absolute Gasteiger partial charge is 0.418 e. The van der Waals surface area contributed by atoms with Crippen molar-refractivity contribution in [2.45, 2.75) is 12.7 Å². The number of amides is 2. The quantitative estimate of drug-likeness (QED) is 0.852. The Morgan fingerprint density at radius 2 is 1.68 bits per heavy atom. The van der Waals surface area contributed by atoms with Crippen LogP contribution < -0.4 is 20.1 Å². The van der Waals surface area contributed by atoms with E-state index >= 15 is 0 Å². The van der Waals surface area contributed by atoms with Gasteiger partial charge in [-0.15, -0.1) is 4.98 Å². The van der Waals surface area contributed by atoms with Crippen molar-refractivity contribution in [3.05, 3.63) is 35.7 Å². The van der Waals surface area contributed by atoms with E-state index in [1.807, 2.05) is 0 Å².